The summed E-state index contributed by atoms with van der Waals surface area (Å²) in [5.74, 6) is -1.50. The quantitative estimate of drug-likeness (QED) is 0.630. The smallest absolute Gasteiger partial charge is 0.326 e. The third kappa shape index (κ3) is 4.19. The Labute approximate surface area is 149 Å². The zero-order valence-corrected chi connectivity index (χ0v) is 14.1. The molecule has 6 heteroatoms. The standard InChI is InChI=1S/C19H17ClN2O3/c20-14-7-9-15-13(10-14)11-17(21-15)18(23)22-16(19(24)25)8-6-12-4-2-1-3-5-12/h1-5,7,9-11,16,21H,6,8H2,(H,22,23)(H,24,25). The zero-order valence-electron chi connectivity index (χ0n) is 13.3. The van der Waals surface area contributed by atoms with Gasteiger partial charge in [-0.15, -0.1) is 0 Å². The molecule has 1 unspecified atom stereocenters. The summed E-state index contributed by atoms with van der Waals surface area (Å²) < 4.78 is 0. The highest BCUT2D eigenvalue weighted by atomic mass is 35.5. The van der Waals surface area contributed by atoms with Gasteiger partial charge in [-0.25, -0.2) is 4.79 Å². The number of fused-ring (bicyclic) bond motifs is 1. The van der Waals surface area contributed by atoms with Gasteiger partial charge in [0.25, 0.3) is 5.91 Å². The van der Waals surface area contributed by atoms with E-state index in [1.165, 1.54) is 0 Å². The van der Waals surface area contributed by atoms with Crippen molar-refractivity contribution in [2.45, 2.75) is 18.9 Å². The van der Waals surface area contributed by atoms with Crippen molar-refractivity contribution in [3.63, 3.8) is 0 Å². The van der Waals surface area contributed by atoms with Gasteiger partial charge in [0.15, 0.2) is 0 Å². The first-order chi connectivity index (χ1) is 12.0. The van der Waals surface area contributed by atoms with E-state index in [1.807, 2.05) is 30.3 Å². The number of carboxylic acids is 1. The molecule has 0 saturated carbocycles. The molecule has 0 aliphatic carbocycles. The lowest BCUT2D eigenvalue weighted by Gasteiger charge is -2.14. The molecule has 1 atom stereocenters. The molecule has 1 aromatic heterocycles. The summed E-state index contributed by atoms with van der Waals surface area (Å²) in [6, 6.07) is 15.5. The second kappa shape index (κ2) is 7.40. The molecular weight excluding hydrogens is 340 g/mol. The molecule has 1 heterocycles. The number of aromatic nitrogens is 1. The minimum Gasteiger partial charge on any atom is -0.480 e. The van der Waals surface area contributed by atoms with Gasteiger partial charge in [-0.2, -0.15) is 0 Å². The van der Waals surface area contributed by atoms with Crippen LogP contribution in [-0.2, 0) is 11.2 Å². The van der Waals surface area contributed by atoms with Crippen molar-refractivity contribution >= 4 is 34.4 Å². The molecule has 0 spiro atoms. The van der Waals surface area contributed by atoms with E-state index in [4.69, 9.17) is 11.6 Å². The van der Waals surface area contributed by atoms with Crippen LogP contribution in [0.15, 0.2) is 54.6 Å². The molecule has 0 bridgehead atoms. The summed E-state index contributed by atoms with van der Waals surface area (Å²) in [7, 11) is 0. The highest BCUT2D eigenvalue weighted by Crippen LogP contribution is 2.20. The van der Waals surface area contributed by atoms with Gasteiger partial charge < -0.3 is 15.4 Å². The third-order valence-corrected chi connectivity index (χ3v) is 4.23. The molecule has 2 aromatic carbocycles. The maximum absolute atomic E-state index is 12.4. The molecule has 0 fully saturated rings. The Morgan fingerprint density at radius 1 is 1.12 bits per heavy atom. The van der Waals surface area contributed by atoms with Gasteiger partial charge >= 0.3 is 5.97 Å². The lowest BCUT2D eigenvalue weighted by molar-refractivity contribution is -0.139. The number of carbonyl (C=O) groups excluding carboxylic acids is 1. The van der Waals surface area contributed by atoms with Gasteiger partial charge in [-0.05, 0) is 42.7 Å². The Hall–Kier alpha value is -2.79. The molecule has 1 amide bonds. The Kier molecular flexibility index (Phi) is 5.05. The molecule has 0 saturated heterocycles. The highest BCUT2D eigenvalue weighted by molar-refractivity contribution is 6.31. The van der Waals surface area contributed by atoms with Crippen LogP contribution in [0.5, 0.6) is 0 Å². The van der Waals surface area contributed by atoms with Crippen LogP contribution in [0.25, 0.3) is 10.9 Å². The number of aryl methyl sites for hydroxylation is 1. The van der Waals surface area contributed by atoms with Crippen LogP contribution < -0.4 is 5.32 Å². The summed E-state index contributed by atoms with van der Waals surface area (Å²) in [4.78, 5) is 26.8. The van der Waals surface area contributed by atoms with Crippen LogP contribution in [0, 0.1) is 0 Å². The average Bonchev–Trinajstić information content (AvgIpc) is 3.02. The van der Waals surface area contributed by atoms with Gasteiger partial charge in [0.05, 0.1) is 0 Å². The monoisotopic (exact) mass is 356 g/mol. The number of benzene rings is 2. The van der Waals surface area contributed by atoms with Gasteiger partial charge in [0.2, 0.25) is 0 Å². The normalized spacial score (nSPS) is 12.0. The molecule has 3 aromatic rings. The number of aromatic amines is 1. The first-order valence-corrected chi connectivity index (χ1v) is 8.26. The molecule has 5 nitrogen and oxygen atoms in total. The van der Waals surface area contributed by atoms with Crippen molar-refractivity contribution in [1.82, 2.24) is 10.3 Å². The van der Waals surface area contributed by atoms with Gasteiger partial charge in [-0.3, -0.25) is 4.79 Å². The van der Waals surface area contributed by atoms with E-state index in [-0.39, 0.29) is 0 Å². The van der Waals surface area contributed by atoms with Gasteiger partial charge in [0.1, 0.15) is 11.7 Å². The number of carbonyl (C=O) groups is 2. The van der Waals surface area contributed by atoms with Gasteiger partial charge in [-0.1, -0.05) is 41.9 Å². The Morgan fingerprint density at radius 3 is 2.60 bits per heavy atom. The first-order valence-electron chi connectivity index (χ1n) is 7.89. The lowest BCUT2D eigenvalue weighted by atomic mass is 10.1. The largest absolute Gasteiger partial charge is 0.480 e. The molecule has 0 radical (unpaired) electrons. The van der Waals surface area contributed by atoms with Crippen LogP contribution in [-0.4, -0.2) is 28.0 Å². The minimum atomic E-state index is -1.05. The maximum Gasteiger partial charge on any atom is 0.326 e. The molecule has 25 heavy (non-hydrogen) atoms. The Bertz CT molecular complexity index is 905. The molecule has 0 aliphatic rings. The number of rotatable bonds is 6. The fourth-order valence-corrected chi connectivity index (χ4v) is 2.86. The predicted molar refractivity (Wildman–Crippen MR) is 97.0 cm³/mol. The van der Waals surface area contributed by atoms with E-state index in [1.54, 1.807) is 24.3 Å². The van der Waals surface area contributed by atoms with Crippen molar-refractivity contribution in [2.24, 2.45) is 0 Å². The molecule has 128 valence electrons. The van der Waals surface area contributed by atoms with E-state index in [9.17, 15) is 14.7 Å². The summed E-state index contributed by atoms with van der Waals surface area (Å²) in [6.07, 6.45) is 0.886. The highest BCUT2D eigenvalue weighted by Gasteiger charge is 2.21. The summed E-state index contributed by atoms with van der Waals surface area (Å²) in [6.45, 7) is 0. The fraction of sp³-hybridized carbons (Fsp3) is 0.158. The summed E-state index contributed by atoms with van der Waals surface area (Å²) >= 11 is 5.94. The maximum atomic E-state index is 12.4. The Balaban J connectivity index is 1.70. The predicted octanol–water partition coefficient (Wildman–Crippen LogP) is 3.64. The molecular formula is C19H17ClN2O3. The number of halogens is 1. The number of carboxylic acid groups (broad SMARTS) is 1. The van der Waals surface area contributed by atoms with Crippen LogP contribution in [0.3, 0.4) is 0 Å². The number of nitrogens with one attached hydrogen (secondary N) is 2. The van der Waals surface area contributed by atoms with Crippen molar-refractivity contribution in [1.29, 1.82) is 0 Å². The third-order valence-electron chi connectivity index (χ3n) is 4.00. The zero-order chi connectivity index (χ0) is 17.8. The van der Waals surface area contributed by atoms with Crippen LogP contribution in [0.4, 0.5) is 0 Å². The molecule has 0 aliphatic heterocycles. The molecule has 3 rings (SSSR count). The fourth-order valence-electron chi connectivity index (χ4n) is 2.67. The lowest BCUT2D eigenvalue weighted by Crippen LogP contribution is -2.41. The number of hydrogen-bond acceptors (Lipinski definition) is 2. The van der Waals surface area contributed by atoms with E-state index < -0.39 is 17.9 Å². The summed E-state index contributed by atoms with van der Waals surface area (Å²) in [5.41, 5.74) is 2.11. The first kappa shape index (κ1) is 17.0. The number of amides is 1. The van der Waals surface area contributed by atoms with Crippen LogP contribution in [0.2, 0.25) is 5.02 Å². The second-order valence-electron chi connectivity index (χ2n) is 5.80. The number of hydrogen-bond donors (Lipinski definition) is 3. The van der Waals surface area contributed by atoms with Crippen LogP contribution >= 0.6 is 11.6 Å². The molecule has 3 N–H and O–H groups in total. The van der Waals surface area contributed by atoms with E-state index in [0.29, 0.717) is 23.6 Å². The average molecular weight is 357 g/mol. The minimum absolute atomic E-state index is 0.309. The summed E-state index contributed by atoms with van der Waals surface area (Å²) in [5, 5.41) is 13.3. The number of aliphatic carboxylic acids is 1. The second-order valence-corrected chi connectivity index (χ2v) is 6.24. The van der Waals surface area contributed by atoms with E-state index >= 15 is 0 Å². The van der Waals surface area contributed by atoms with E-state index in [0.717, 1.165) is 16.5 Å². The van der Waals surface area contributed by atoms with Crippen LogP contribution in [0.1, 0.15) is 22.5 Å². The SMILES string of the molecule is O=C(NC(CCc1ccccc1)C(=O)O)c1cc2cc(Cl)ccc2[nH]1. The Morgan fingerprint density at radius 2 is 1.88 bits per heavy atom. The van der Waals surface area contributed by atoms with Crippen molar-refractivity contribution < 1.29 is 14.7 Å². The van der Waals surface area contributed by atoms with E-state index in [2.05, 4.69) is 10.3 Å². The van der Waals surface area contributed by atoms with Crippen molar-refractivity contribution in [3.05, 3.63) is 70.9 Å². The van der Waals surface area contributed by atoms with Crippen molar-refractivity contribution in [3.8, 4) is 0 Å². The number of H-pyrrole nitrogens is 1. The van der Waals surface area contributed by atoms with Gasteiger partial charge in [0, 0.05) is 15.9 Å². The topological polar surface area (TPSA) is 82.2 Å². The van der Waals surface area contributed by atoms with Crippen molar-refractivity contribution in [2.75, 3.05) is 0 Å².